The molecule has 0 radical (unpaired) electrons. The quantitative estimate of drug-likeness (QED) is 0.390. The van der Waals surface area contributed by atoms with Crippen LogP contribution >= 0.6 is 0 Å². The number of pyridine rings is 1. The number of nitrogens with zero attached hydrogens (tertiary/aromatic N) is 5. The van der Waals surface area contributed by atoms with Gasteiger partial charge in [-0.05, 0) is 82.8 Å². The van der Waals surface area contributed by atoms with Gasteiger partial charge in [-0.15, -0.1) is 0 Å². The lowest BCUT2D eigenvalue weighted by Crippen LogP contribution is -2.28. The first-order chi connectivity index (χ1) is 16.9. The van der Waals surface area contributed by atoms with Crippen LogP contribution < -0.4 is 10.6 Å². The number of rotatable bonds is 6. The van der Waals surface area contributed by atoms with Crippen LogP contribution in [0.5, 0.6) is 0 Å². The third-order valence-electron chi connectivity index (χ3n) is 6.51. The second-order valence-corrected chi connectivity index (χ2v) is 9.41. The number of fused-ring (bicyclic) bond motifs is 1. The van der Waals surface area contributed by atoms with Crippen molar-refractivity contribution in [2.45, 2.75) is 46.1 Å². The number of hydrogen-bond acceptors (Lipinski definition) is 6. The van der Waals surface area contributed by atoms with Gasteiger partial charge >= 0.3 is 0 Å². The van der Waals surface area contributed by atoms with Crippen LogP contribution in [0.3, 0.4) is 0 Å². The predicted molar refractivity (Wildman–Crippen MR) is 133 cm³/mol. The smallest absolute Gasteiger partial charge is 0.229 e. The number of piperidine rings is 1. The Morgan fingerprint density at radius 1 is 1.06 bits per heavy atom. The van der Waals surface area contributed by atoms with E-state index < -0.39 is 11.6 Å². The molecule has 2 N–H and O–H groups in total. The minimum absolute atomic E-state index is 0.0139. The molecule has 1 fully saturated rings. The molecule has 1 aliphatic rings. The van der Waals surface area contributed by atoms with Crippen LogP contribution in [0.1, 0.15) is 44.1 Å². The summed E-state index contributed by atoms with van der Waals surface area (Å²) in [5, 5.41) is 6.42. The Kier molecular flexibility index (Phi) is 6.42. The largest absolute Gasteiger partial charge is 0.326 e. The molecule has 35 heavy (non-hydrogen) atoms. The van der Waals surface area contributed by atoms with Gasteiger partial charge in [0.15, 0.2) is 11.6 Å². The highest BCUT2D eigenvalue weighted by molar-refractivity contribution is 5.83. The van der Waals surface area contributed by atoms with Crippen LogP contribution in [0.25, 0.3) is 22.3 Å². The molecule has 0 amide bonds. The van der Waals surface area contributed by atoms with Crippen LogP contribution in [0.15, 0.2) is 36.7 Å². The zero-order valence-electron chi connectivity index (χ0n) is 20.1. The molecule has 3 aromatic heterocycles. The van der Waals surface area contributed by atoms with Gasteiger partial charge in [0.2, 0.25) is 5.95 Å². The van der Waals surface area contributed by atoms with Crippen molar-refractivity contribution in [3.8, 4) is 11.3 Å². The van der Waals surface area contributed by atoms with E-state index in [2.05, 4.69) is 30.6 Å². The second kappa shape index (κ2) is 9.65. The molecule has 7 nitrogen and oxygen atoms in total. The fourth-order valence-corrected chi connectivity index (χ4v) is 4.84. The third kappa shape index (κ3) is 4.86. The van der Waals surface area contributed by atoms with Crippen molar-refractivity contribution in [2.75, 3.05) is 18.4 Å². The molecular formula is C26H29F2N7. The number of aryl methyl sites for hydroxylation is 1. The fourth-order valence-electron chi connectivity index (χ4n) is 4.84. The highest BCUT2D eigenvalue weighted by Gasteiger charge is 2.19. The number of nitrogens with one attached hydrogen (secondary N) is 2. The number of benzene rings is 1. The summed E-state index contributed by atoms with van der Waals surface area (Å²) in [6.45, 7) is 7.96. The normalized spacial score (nSPS) is 14.7. The van der Waals surface area contributed by atoms with Gasteiger partial charge in [0.05, 0.1) is 11.7 Å². The van der Waals surface area contributed by atoms with E-state index in [0.29, 0.717) is 28.6 Å². The van der Waals surface area contributed by atoms with Crippen LogP contribution in [-0.2, 0) is 6.42 Å². The minimum atomic E-state index is -0.632. The van der Waals surface area contributed by atoms with E-state index >= 15 is 0 Å². The lowest BCUT2D eigenvalue weighted by atomic mass is 9.92. The molecule has 9 heteroatoms. The third-order valence-corrected chi connectivity index (χ3v) is 6.51. The predicted octanol–water partition coefficient (Wildman–Crippen LogP) is 5.34. The van der Waals surface area contributed by atoms with E-state index in [1.165, 1.54) is 24.5 Å². The number of imidazole rings is 1. The van der Waals surface area contributed by atoms with Crippen molar-refractivity contribution >= 4 is 22.8 Å². The Morgan fingerprint density at radius 2 is 1.86 bits per heavy atom. The maximum absolute atomic E-state index is 14.9. The molecule has 1 saturated heterocycles. The van der Waals surface area contributed by atoms with Gasteiger partial charge in [0.1, 0.15) is 22.9 Å². The second-order valence-electron chi connectivity index (χ2n) is 9.41. The Morgan fingerprint density at radius 3 is 2.57 bits per heavy atom. The molecule has 4 heterocycles. The van der Waals surface area contributed by atoms with Crippen LogP contribution in [0, 0.1) is 24.5 Å². The molecule has 0 saturated carbocycles. The Hall–Kier alpha value is -3.46. The first kappa shape index (κ1) is 23.3. The number of anilines is 2. The van der Waals surface area contributed by atoms with Crippen molar-refractivity contribution < 1.29 is 8.78 Å². The number of aromatic nitrogens is 5. The van der Waals surface area contributed by atoms with Gasteiger partial charge in [-0.3, -0.25) is 0 Å². The summed E-state index contributed by atoms with van der Waals surface area (Å²) in [4.78, 5) is 17.2. The highest BCUT2D eigenvalue weighted by atomic mass is 19.1. The van der Waals surface area contributed by atoms with Crippen molar-refractivity contribution in [1.82, 2.24) is 29.8 Å². The van der Waals surface area contributed by atoms with Crippen molar-refractivity contribution in [2.24, 2.45) is 5.92 Å². The fraction of sp³-hybridized carbons (Fsp3) is 0.385. The van der Waals surface area contributed by atoms with Gasteiger partial charge in [-0.1, -0.05) is 6.07 Å². The first-order valence-electron chi connectivity index (χ1n) is 12.0. The van der Waals surface area contributed by atoms with Gasteiger partial charge in [0, 0.05) is 17.8 Å². The van der Waals surface area contributed by atoms with Crippen molar-refractivity contribution in [1.29, 1.82) is 0 Å². The first-order valence-corrected chi connectivity index (χ1v) is 12.0. The van der Waals surface area contributed by atoms with Crippen LogP contribution in [0.4, 0.5) is 20.5 Å². The number of halogens is 2. The van der Waals surface area contributed by atoms with E-state index in [-0.39, 0.29) is 23.2 Å². The Labute approximate surface area is 203 Å². The summed E-state index contributed by atoms with van der Waals surface area (Å²) in [6, 6.07) is 6.98. The molecule has 0 aliphatic carbocycles. The van der Waals surface area contributed by atoms with Gasteiger partial charge < -0.3 is 15.2 Å². The standard InChI is InChI=1S/C26H29F2N7/c1-15(2)35-16(3)32-25-20(27)11-19(12-22(25)35)24-21(28)14-31-26(34-24)33-23-5-4-18(13-30-23)10-17-6-8-29-9-7-17/h4-5,11-15,17,29H,6-10H2,1-3H3,(H,30,31,33,34). The maximum Gasteiger partial charge on any atom is 0.229 e. The zero-order chi connectivity index (χ0) is 24.5. The summed E-state index contributed by atoms with van der Waals surface area (Å²) in [7, 11) is 0. The van der Waals surface area contributed by atoms with Crippen molar-refractivity contribution in [3.63, 3.8) is 0 Å². The molecule has 182 valence electrons. The number of hydrogen-bond donors (Lipinski definition) is 2. The van der Waals surface area contributed by atoms with Gasteiger partial charge in [-0.2, -0.15) is 0 Å². The summed E-state index contributed by atoms with van der Waals surface area (Å²) < 4.78 is 31.6. The Bertz CT molecular complexity index is 1340. The molecule has 5 rings (SSSR count). The summed E-state index contributed by atoms with van der Waals surface area (Å²) in [5.74, 6) is 0.978. The molecule has 1 aliphatic heterocycles. The molecule has 0 atom stereocenters. The topological polar surface area (TPSA) is 80.6 Å². The van der Waals surface area contributed by atoms with E-state index in [0.717, 1.165) is 25.7 Å². The van der Waals surface area contributed by atoms with Crippen LogP contribution in [0.2, 0.25) is 0 Å². The minimum Gasteiger partial charge on any atom is -0.326 e. The molecule has 0 bridgehead atoms. The van der Waals surface area contributed by atoms with E-state index in [1.807, 2.05) is 43.7 Å². The summed E-state index contributed by atoms with van der Waals surface area (Å²) in [6.07, 6.45) is 6.30. The monoisotopic (exact) mass is 477 g/mol. The zero-order valence-corrected chi connectivity index (χ0v) is 20.1. The summed E-state index contributed by atoms with van der Waals surface area (Å²) in [5.41, 5.74) is 2.39. The SMILES string of the molecule is Cc1nc2c(F)cc(-c3nc(Nc4ccc(CC5CCNCC5)cn4)ncc3F)cc2n1C(C)C. The van der Waals surface area contributed by atoms with E-state index in [1.54, 1.807) is 6.07 Å². The van der Waals surface area contributed by atoms with Crippen molar-refractivity contribution in [3.05, 3.63) is 59.7 Å². The lowest BCUT2D eigenvalue weighted by molar-refractivity contribution is 0.372. The Balaban J connectivity index is 1.40. The average molecular weight is 478 g/mol. The molecule has 1 aromatic carbocycles. The van der Waals surface area contributed by atoms with Gasteiger partial charge in [0.25, 0.3) is 0 Å². The van der Waals surface area contributed by atoms with E-state index in [9.17, 15) is 8.78 Å². The van der Waals surface area contributed by atoms with Crippen LogP contribution in [-0.4, -0.2) is 37.6 Å². The average Bonchev–Trinajstić information content (AvgIpc) is 3.19. The van der Waals surface area contributed by atoms with E-state index in [4.69, 9.17) is 0 Å². The van der Waals surface area contributed by atoms with Gasteiger partial charge in [-0.25, -0.2) is 28.7 Å². The molecule has 4 aromatic rings. The lowest BCUT2D eigenvalue weighted by Gasteiger charge is -2.22. The maximum atomic E-state index is 14.9. The summed E-state index contributed by atoms with van der Waals surface area (Å²) >= 11 is 0. The highest BCUT2D eigenvalue weighted by Crippen LogP contribution is 2.30. The molecule has 0 unspecified atom stereocenters. The molecule has 0 spiro atoms. The molecular weight excluding hydrogens is 448 g/mol.